The van der Waals surface area contributed by atoms with Crippen LogP contribution in [-0.2, 0) is 0 Å². The molecule has 2 heteroatoms. The molecule has 4 atom stereocenters. The van der Waals surface area contributed by atoms with Crippen LogP contribution in [0.4, 0.5) is 0 Å². The largest absolute Gasteiger partial charge is 0.411 e. The summed E-state index contributed by atoms with van der Waals surface area (Å²) in [6.45, 7) is 0. The van der Waals surface area contributed by atoms with Gasteiger partial charge in [-0.05, 0) is 35.5 Å². The fraction of sp³-hybridized carbons (Fsp3) is 0.889. The van der Waals surface area contributed by atoms with Gasteiger partial charge in [0.2, 0.25) is 0 Å². The molecule has 2 bridgehead atoms. The van der Waals surface area contributed by atoms with Gasteiger partial charge in [0.25, 0.3) is 0 Å². The predicted molar refractivity (Wildman–Crippen MR) is 37.1 cm³/mol. The van der Waals surface area contributed by atoms with Gasteiger partial charge in [-0.15, -0.1) is 0 Å². The van der Waals surface area contributed by atoms with Crippen LogP contribution in [-0.4, -0.2) is 10.9 Å². The van der Waals surface area contributed by atoms with Crippen LogP contribution in [0.15, 0.2) is 5.16 Å². The fourth-order valence-electron chi connectivity index (χ4n) is 5.56. The molecule has 0 saturated heterocycles. The maximum absolute atomic E-state index is 8.82. The summed E-state index contributed by atoms with van der Waals surface area (Å²) >= 11 is 0. The van der Waals surface area contributed by atoms with E-state index in [4.69, 9.17) is 5.21 Å². The van der Waals surface area contributed by atoms with Gasteiger partial charge in [-0.25, -0.2) is 0 Å². The zero-order valence-corrected chi connectivity index (χ0v) is 6.01. The molecule has 0 aromatic heterocycles. The van der Waals surface area contributed by atoms with Crippen LogP contribution in [0.25, 0.3) is 0 Å². The number of nitrogens with zero attached hydrogens (tertiary/aromatic N) is 1. The summed E-state index contributed by atoms with van der Waals surface area (Å²) < 4.78 is 0. The van der Waals surface area contributed by atoms with Gasteiger partial charge in [0, 0.05) is 11.8 Å². The standard InChI is InChI=1S/C9H9NO/c11-10-9-7-3-1-2-5(3)8(9)6(2)4(1)7/h1-8,11H/t1?,2?,3-,4-,5+,6+,7?,8?. The van der Waals surface area contributed by atoms with Crippen molar-refractivity contribution < 1.29 is 5.21 Å². The second kappa shape index (κ2) is 0.900. The third kappa shape index (κ3) is 0.185. The maximum Gasteiger partial charge on any atom is 0.0644 e. The zero-order chi connectivity index (χ0) is 6.90. The quantitative estimate of drug-likeness (QED) is 0.399. The van der Waals surface area contributed by atoms with Crippen LogP contribution >= 0.6 is 0 Å². The van der Waals surface area contributed by atoms with Crippen molar-refractivity contribution in [2.45, 2.75) is 0 Å². The van der Waals surface area contributed by atoms with Crippen molar-refractivity contribution in [1.29, 1.82) is 0 Å². The summed E-state index contributed by atoms with van der Waals surface area (Å²) in [5.41, 5.74) is 1.21. The summed E-state index contributed by atoms with van der Waals surface area (Å²) in [7, 11) is 0. The molecule has 0 radical (unpaired) electrons. The summed E-state index contributed by atoms with van der Waals surface area (Å²) in [5, 5.41) is 12.3. The molecule has 0 spiro atoms. The molecule has 6 fully saturated rings. The molecular formula is C9H9NO. The lowest BCUT2D eigenvalue weighted by Crippen LogP contribution is -2.81. The Balaban J connectivity index is 1.85. The van der Waals surface area contributed by atoms with Crippen molar-refractivity contribution in [3.8, 4) is 0 Å². The molecule has 0 aliphatic heterocycles. The van der Waals surface area contributed by atoms with Gasteiger partial charge in [0.15, 0.2) is 0 Å². The molecule has 0 amide bonds. The van der Waals surface area contributed by atoms with Crippen LogP contribution in [0.5, 0.6) is 0 Å². The molecule has 6 rings (SSSR count). The molecule has 56 valence electrons. The molecule has 2 nitrogen and oxygen atoms in total. The van der Waals surface area contributed by atoms with Crippen molar-refractivity contribution in [2.24, 2.45) is 52.5 Å². The van der Waals surface area contributed by atoms with Gasteiger partial charge in [-0.2, -0.15) is 0 Å². The number of hydrogen-bond acceptors (Lipinski definition) is 2. The van der Waals surface area contributed by atoms with Crippen LogP contribution in [0, 0.1) is 47.3 Å². The molecule has 6 saturated carbocycles. The fourth-order valence-corrected chi connectivity index (χ4v) is 5.56. The van der Waals surface area contributed by atoms with E-state index >= 15 is 0 Å². The lowest BCUT2D eigenvalue weighted by Gasteiger charge is -2.83. The average Bonchev–Trinajstić information content (AvgIpc) is 2.30. The second-order valence-electron chi connectivity index (χ2n) is 5.04. The third-order valence-corrected chi connectivity index (χ3v) is 5.57. The first-order valence-electron chi connectivity index (χ1n) is 4.67. The highest BCUT2D eigenvalue weighted by Gasteiger charge is 2.93. The molecule has 0 unspecified atom stereocenters. The number of hydrogen-bond donors (Lipinski definition) is 1. The SMILES string of the molecule is ON=C1C2[C@@H]3C4C5[C@@H]3C1[C@@H]5[C@H]24. The lowest BCUT2D eigenvalue weighted by molar-refractivity contribution is -0.379. The van der Waals surface area contributed by atoms with Crippen LogP contribution in [0.1, 0.15) is 0 Å². The molecule has 11 heavy (non-hydrogen) atoms. The van der Waals surface area contributed by atoms with Gasteiger partial charge >= 0.3 is 0 Å². The Morgan fingerprint density at radius 2 is 1.27 bits per heavy atom. The summed E-state index contributed by atoms with van der Waals surface area (Å²) in [4.78, 5) is 0. The molecule has 1 N–H and O–H groups in total. The molecule has 6 aliphatic carbocycles. The highest BCUT2D eigenvalue weighted by molar-refractivity contribution is 5.99. The Hall–Kier alpha value is -0.530. The van der Waals surface area contributed by atoms with Gasteiger partial charge in [0.05, 0.1) is 5.71 Å². The zero-order valence-electron chi connectivity index (χ0n) is 6.01. The Morgan fingerprint density at radius 3 is 1.64 bits per heavy atom. The van der Waals surface area contributed by atoms with Crippen molar-refractivity contribution in [3.05, 3.63) is 0 Å². The normalized spacial score (nSPS) is 86.7. The van der Waals surface area contributed by atoms with E-state index in [-0.39, 0.29) is 0 Å². The van der Waals surface area contributed by atoms with E-state index in [0.29, 0.717) is 0 Å². The number of rotatable bonds is 0. The molecule has 0 aromatic carbocycles. The minimum atomic E-state index is 0.773. The maximum atomic E-state index is 8.82. The highest BCUT2D eigenvalue weighted by Crippen LogP contribution is 2.93. The monoisotopic (exact) mass is 147 g/mol. The molecular weight excluding hydrogens is 138 g/mol. The Bertz CT molecular complexity index is 276. The smallest absolute Gasteiger partial charge is 0.0644 e. The summed E-state index contributed by atoms with van der Waals surface area (Å²) in [5.74, 6) is 7.80. The predicted octanol–water partition coefficient (Wildman–Crippen LogP) is 0.814. The first kappa shape index (κ1) is 4.48. The molecule has 0 aromatic rings. The van der Waals surface area contributed by atoms with Gasteiger partial charge < -0.3 is 5.21 Å². The van der Waals surface area contributed by atoms with Gasteiger partial charge in [0.1, 0.15) is 0 Å². The minimum Gasteiger partial charge on any atom is -0.411 e. The number of oxime groups is 1. The van der Waals surface area contributed by atoms with E-state index in [1.54, 1.807) is 0 Å². The first-order valence-corrected chi connectivity index (χ1v) is 4.67. The minimum absolute atomic E-state index is 0.773. The molecule has 0 heterocycles. The second-order valence-corrected chi connectivity index (χ2v) is 5.04. The van der Waals surface area contributed by atoms with Crippen LogP contribution in [0.3, 0.4) is 0 Å². The van der Waals surface area contributed by atoms with Gasteiger partial charge in [-0.3, -0.25) is 0 Å². The van der Waals surface area contributed by atoms with Crippen molar-refractivity contribution in [2.75, 3.05) is 0 Å². The topological polar surface area (TPSA) is 32.6 Å². The summed E-state index contributed by atoms with van der Waals surface area (Å²) in [6.07, 6.45) is 0. The molecule has 6 aliphatic rings. The third-order valence-electron chi connectivity index (χ3n) is 5.57. The lowest BCUT2D eigenvalue weighted by atomic mass is 9.20. The van der Waals surface area contributed by atoms with Crippen molar-refractivity contribution in [3.63, 3.8) is 0 Å². The Kier molecular flexibility index (Phi) is 0.367. The van der Waals surface area contributed by atoms with E-state index in [9.17, 15) is 0 Å². The van der Waals surface area contributed by atoms with Crippen LogP contribution in [0.2, 0.25) is 0 Å². The van der Waals surface area contributed by atoms with Crippen LogP contribution < -0.4 is 0 Å². The van der Waals surface area contributed by atoms with Crippen molar-refractivity contribution >= 4 is 5.71 Å². The average molecular weight is 147 g/mol. The highest BCUT2D eigenvalue weighted by atomic mass is 16.4. The first-order chi connectivity index (χ1) is 5.45. The van der Waals surface area contributed by atoms with Gasteiger partial charge in [-0.1, -0.05) is 5.16 Å². The Labute approximate surface area is 64.3 Å². The summed E-state index contributed by atoms with van der Waals surface area (Å²) in [6, 6.07) is 0. The van der Waals surface area contributed by atoms with E-state index in [0.717, 1.165) is 47.3 Å². The Morgan fingerprint density at radius 1 is 0.818 bits per heavy atom. The van der Waals surface area contributed by atoms with Crippen molar-refractivity contribution in [1.82, 2.24) is 0 Å². The van der Waals surface area contributed by atoms with E-state index < -0.39 is 0 Å². The van der Waals surface area contributed by atoms with E-state index in [1.807, 2.05) is 0 Å². The van der Waals surface area contributed by atoms with E-state index in [2.05, 4.69) is 5.16 Å². The van der Waals surface area contributed by atoms with E-state index in [1.165, 1.54) is 5.71 Å².